The molecule has 0 aliphatic heterocycles. The van der Waals surface area contributed by atoms with Crippen molar-refractivity contribution in [2.45, 2.75) is 6.61 Å². The molecule has 88 valence electrons. The Morgan fingerprint density at radius 3 is 2.47 bits per heavy atom. The Bertz CT molecular complexity index is 526. The van der Waals surface area contributed by atoms with Gasteiger partial charge in [0, 0.05) is 11.6 Å². The third kappa shape index (κ3) is 2.78. The summed E-state index contributed by atoms with van der Waals surface area (Å²) < 4.78 is 44.1. The lowest BCUT2D eigenvalue weighted by Gasteiger charge is -2.07. The highest BCUT2D eigenvalue weighted by Gasteiger charge is 2.08. The summed E-state index contributed by atoms with van der Waals surface area (Å²) in [7, 11) is 0. The molecule has 0 aliphatic carbocycles. The number of hydrogen-bond donors (Lipinski definition) is 0. The molecule has 0 bridgehead atoms. The predicted molar refractivity (Wildman–Crippen MR) is 57.1 cm³/mol. The van der Waals surface area contributed by atoms with Crippen molar-refractivity contribution in [2.24, 2.45) is 0 Å². The third-order valence-electron chi connectivity index (χ3n) is 2.22. The molecule has 0 saturated carbocycles. The molecule has 4 heteroatoms. The molecule has 0 N–H and O–H groups in total. The van der Waals surface area contributed by atoms with Crippen molar-refractivity contribution in [3.8, 4) is 5.75 Å². The van der Waals surface area contributed by atoms with Crippen LogP contribution in [0.4, 0.5) is 13.2 Å². The topological polar surface area (TPSA) is 9.23 Å². The van der Waals surface area contributed by atoms with Crippen LogP contribution >= 0.6 is 0 Å². The van der Waals surface area contributed by atoms with E-state index in [0.29, 0.717) is 0 Å². The van der Waals surface area contributed by atoms with E-state index in [4.69, 9.17) is 4.74 Å². The Balaban J connectivity index is 2.10. The average Bonchev–Trinajstić information content (AvgIpc) is 2.31. The molecular weight excluding hydrogens is 229 g/mol. The van der Waals surface area contributed by atoms with Crippen LogP contribution in [0, 0.1) is 17.5 Å². The maximum Gasteiger partial charge on any atom is 0.165 e. The molecular formula is C13H9F3O. The molecule has 17 heavy (non-hydrogen) atoms. The number of halogens is 3. The summed E-state index contributed by atoms with van der Waals surface area (Å²) >= 11 is 0. The maximum atomic E-state index is 13.3. The van der Waals surface area contributed by atoms with Crippen LogP contribution in [0.3, 0.4) is 0 Å². The van der Waals surface area contributed by atoms with E-state index in [0.717, 1.165) is 6.07 Å². The van der Waals surface area contributed by atoms with Crippen molar-refractivity contribution < 1.29 is 17.9 Å². The Kier molecular flexibility index (Phi) is 3.32. The van der Waals surface area contributed by atoms with Crippen LogP contribution in [0.15, 0.2) is 42.5 Å². The number of rotatable bonds is 3. The molecule has 0 saturated heterocycles. The first-order valence-electron chi connectivity index (χ1n) is 4.98. The zero-order valence-corrected chi connectivity index (χ0v) is 8.79. The summed E-state index contributed by atoms with van der Waals surface area (Å²) in [5, 5.41) is 0. The quantitative estimate of drug-likeness (QED) is 0.792. The average molecular weight is 238 g/mol. The van der Waals surface area contributed by atoms with E-state index in [9.17, 15) is 13.2 Å². The molecule has 2 aromatic rings. The summed E-state index contributed by atoms with van der Waals surface area (Å²) in [6.07, 6.45) is 0. The van der Waals surface area contributed by atoms with Crippen LogP contribution in [0.25, 0.3) is 0 Å². The van der Waals surface area contributed by atoms with Gasteiger partial charge in [-0.05, 0) is 18.2 Å². The Morgan fingerprint density at radius 1 is 0.941 bits per heavy atom. The van der Waals surface area contributed by atoms with Crippen LogP contribution in [0.1, 0.15) is 5.56 Å². The van der Waals surface area contributed by atoms with E-state index < -0.39 is 17.5 Å². The minimum Gasteiger partial charge on any atom is -0.489 e. The minimum atomic E-state index is -0.941. The lowest BCUT2D eigenvalue weighted by atomic mass is 10.2. The second-order valence-electron chi connectivity index (χ2n) is 3.46. The van der Waals surface area contributed by atoms with Crippen LogP contribution in [0.2, 0.25) is 0 Å². The summed E-state index contributed by atoms with van der Waals surface area (Å²) in [5.41, 5.74) is 0.0919. The number of ether oxygens (including phenoxy) is 1. The first kappa shape index (κ1) is 11.5. The largest absolute Gasteiger partial charge is 0.489 e. The van der Waals surface area contributed by atoms with Gasteiger partial charge in [-0.3, -0.25) is 0 Å². The van der Waals surface area contributed by atoms with Gasteiger partial charge in [0.15, 0.2) is 11.6 Å². The van der Waals surface area contributed by atoms with Crippen molar-refractivity contribution >= 4 is 0 Å². The van der Waals surface area contributed by atoms with Gasteiger partial charge < -0.3 is 4.74 Å². The van der Waals surface area contributed by atoms with Gasteiger partial charge in [-0.2, -0.15) is 0 Å². The van der Waals surface area contributed by atoms with E-state index >= 15 is 0 Å². The fourth-order valence-corrected chi connectivity index (χ4v) is 1.38. The van der Waals surface area contributed by atoms with Gasteiger partial charge in [0.05, 0.1) is 0 Å². The van der Waals surface area contributed by atoms with E-state index in [1.54, 1.807) is 6.07 Å². The minimum absolute atomic E-state index is 0.0919. The second-order valence-corrected chi connectivity index (χ2v) is 3.46. The molecule has 0 fully saturated rings. The molecule has 0 amide bonds. The lowest BCUT2D eigenvalue weighted by Crippen LogP contribution is -2.00. The zero-order valence-electron chi connectivity index (χ0n) is 8.79. The standard InChI is InChI=1S/C13H9F3O/c14-10-4-2-5-11(7-10)17-8-9-3-1-6-12(15)13(9)16/h1-7H,8H2. The number of benzene rings is 2. The van der Waals surface area contributed by atoms with Gasteiger partial charge in [-0.25, -0.2) is 13.2 Å². The van der Waals surface area contributed by atoms with Gasteiger partial charge in [0.25, 0.3) is 0 Å². The smallest absolute Gasteiger partial charge is 0.165 e. The second kappa shape index (κ2) is 4.91. The summed E-state index contributed by atoms with van der Waals surface area (Å²) in [5.74, 6) is -2.04. The van der Waals surface area contributed by atoms with Crippen molar-refractivity contribution in [1.29, 1.82) is 0 Å². The fourth-order valence-electron chi connectivity index (χ4n) is 1.38. The number of hydrogen-bond acceptors (Lipinski definition) is 1. The van der Waals surface area contributed by atoms with Crippen LogP contribution in [0.5, 0.6) is 5.75 Å². The monoisotopic (exact) mass is 238 g/mol. The highest BCUT2D eigenvalue weighted by Crippen LogP contribution is 2.16. The first-order valence-corrected chi connectivity index (χ1v) is 4.98. The van der Waals surface area contributed by atoms with Crippen LogP contribution in [-0.4, -0.2) is 0 Å². The Hall–Kier alpha value is -1.97. The molecule has 0 heterocycles. The van der Waals surface area contributed by atoms with E-state index in [1.165, 1.54) is 30.3 Å². The van der Waals surface area contributed by atoms with Crippen molar-refractivity contribution in [3.63, 3.8) is 0 Å². The van der Waals surface area contributed by atoms with Crippen molar-refractivity contribution in [2.75, 3.05) is 0 Å². The van der Waals surface area contributed by atoms with E-state index in [-0.39, 0.29) is 17.9 Å². The predicted octanol–water partition coefficient (Wildman–Crippen LogP) is 3.68. The molecule has 0 aliphatic rings. The summed E-state index contributed by atoms with van der Waals surface area (Å²) in [6, 6.07) is 9.31. The molecule has 2 aromatic carbocycles. The molecule has 0 spiro atoms. The van der Waals surface area contributed by atoms with Gasteiger partial charge >= 0.3 is 0 Å². The first-order chi connectivity index (χ1) is 8.16. The van der Waals surface area contributed by atoms with Crippen LogP contribution < -0.4 is 4.74 Å². The van der Waals surface area contributed by atoms with E-state index in [1.807, 2.05) is 0 Å². The maximum absolute atomic E-state index is 13.3. The molecule has 0 aromatic heterocycles. The summed E-state index contributed by atoms with van der Waals surface area (Å²) in [6.45, 7) is -0.146. The Morgan fingerprint density at radius 2 is 1.71 bits per heavy atom. The fraction of sp³-hybridized carbons (Fsp3) is 0.0769. The molecule has 0 atom stereocenters. The molecule has 1 nitrogen and oxygen atoms in total. The zero-order chi connectivity index (χ0) is 12.3. The molecule has 0 unspecified atom stereocenters. The van der Waals surface area contributed by atoms with Gasteiger partial charge in [-0.15, -0.1) is 0 Å². The normalized spacial score (nSPS) is 10.3. The van der Waals surface area contributed by atoms with Crippen molar-refractivity contribution in [3.05, 3.63) is 65.5 Å². The SMILES string of the molecule is Fc1cccc(OCc2cccc(F)c2F)c1. The third-order valence-corrected chi connectivity index (χ3v) is 2.22. The van der Waals surface area contributed by atoms with Gasteiger partial charge in [-0.1, -0.05) is 18.2 Å². The Labute approximate surface area is 96.5 Å². The highest BCUT2D eigenvalue weighted by molar-refractivity contribution is 5.24. The molecule has 2 rings (SSSR count). The lowest BCUT2D eigenvalue weighted by molar-refractivity contribution is 0.295. The van der Waals surface area contributed by atoms with Gasteiger partial charge in [0.1, 0.15) is 18.2 Å². The highest BCUT2D eigenvalue weighted by atomic mass is 19.2. The van der Waals surface area contributed by atoms with Crippen LogP contribution in [-0.2, 0) is 6.61 Å². The summed E-state index contributed by atoms with van der Waals surface area (Å²) in [4.78, 5) is 0. The molecule has 0 radical (unpaired) electrons. The van der Waals surface area contributed by atoms with E-state index in [2.05, 4.69) is 0 Å². The van der Waals surface area contributed by atoms with Crippen molar-refractivity contribution in [1.82, 2.24) is 0 Å². The van der Waals surface area contributed by atoms with Gasteiger partial charge in [0.2, 0.25) is 0 Å².